The number of rotatable bonds is 5. The molecule has 0 radical (unpaired) electrons. The summed E-state index contributed by atoms with van der Waals surface area (Å²) in [5, 5.41) is 10.8. The van der Waals surface area contributed by atoms with Crippen molar-refractivity contribution in [2.24, 2.45) is 0 Å². The zero-order valence-corrected chi connectivity index (χ0v) is 11.8. The van der Waals surface area contributed by atoms with Crippen LogP contribution in [-0.4, -0.2) is 36.7 Å². The number of benzene rings is 1. The number of sulfone groups is 1. The fourth-order valence-corrected chi connectivity index (χ4v) is 1.84. The number of hydrogen-bond donors (Lipinski definition) is 2. The van der Waals surface area contributed by atoms with Crippen molar-refractivity contribution in [1.82, 2.24) is 5.32 Å². The number of carbonyl (C=O) groups excluding carboxylic acids is 1. The Labute approximate surface area is 116 Å². The largest absolute Gasteiger partial charge is 0.479 e. The molecule has 8 heteroatoms. The second kappa shape index (κ2) is 5.91. The smallest absolute Gasteiger partial charge is 0.409 e. The highest BCUT2D eigenvalue weighted by Gasteiger charge is 2.45. The first-order valence-electron chi connectivity index (χ1n) is 5.58. The molecule has 0 aliphatic rings. The zero-order chi connectivity index (χ0) is 15.4. The quantitative estimate of drug-likeness (QED) is 0.830. The minimum absolute atomic E-state index is 0.0911. The van der Waals surface area contributed by atoms with Gasteiger partial charge >= 0.3 is 12.1 Å². The molecule has 110 valence electrons. The molecular weight excluding hydrogens is 286 g/mol. The van der Waals surface area contributed by atoms with E-state index in [4.69, 9.17) is 9.84 Å². The number of amides is 1. The lowest BCUT2D eigenvalue weighted by molar-refractivity contribution is -0.140. The number of carboxylic acid groups (broad SMARTS) is 1. The van der Waals surface area contributed by atoms with Gasteiger partial charge in [0.1, 0.15) is 6.61 Å². The molecule has 7 nitrogen and oxygen atoms in total. The molecule has 1 rings (SSSR count). The molecule has 20 heavy (non-hydrogen) atoms. The highest BCUT2D eigenvalue weighted by atomic mass is 32.2. The Morgan fingerprint density at radius 2 is 1.85 bits per heavy atom. The summed E-state index contributed by atoms with van der Waals surface area (Å²) in [5.74, 6) is -1.68. The van der Waals surface area contributed by atoms with Crippen LogP contribution in [0.2, 0.25) is 0 Å². The predicted molar refractivity (Wildman–Crippen MR) is 70.6 cm³/mol. The lowest BCUT2D eigenvalue weighted by atomic mass is 10.2. The minimum Gasteiger partial charge on any atom is -0.479 e. The van der Waals surface area contributed by atoms with E-state index in [2.05, 4.69) is 0 Å². The van der Waals surface area contributed by atoms with E-state index in [0.717, 1.165) is 13.2 Å². The van der Waals surface area contributed by atoms with E-state index >= 15 is 0 Å². The third-order valence-electron chi connectivity index (χ3n) is 2.70. The van der Waals surface area contributed by atoms with Gasteiger partial charge in [0.15, 0.2) is 9.84 Å². The van der Waals surface area contributed by atoms with Gasteiger partial charge in [0.25, 0.3) is 0 Å². The van der Waals surface area contributed by atoms with Gasteiger partial charge in [-0.3, -0.25) is 5.32 Å². The number of aliphatic carboxylic acids is 1. The molecule has 0 bridgehead atoms. The minimum atomic E-state index is -4.05. The fourth-order valence-electron chi connectivity index (χ4n) is 1.26. The molecule has 0 fully saturated rings. The van der Waals surface area contributed by atoms with Gasteiger partial charge in [-0.05, 0) is 12.5 Å². The molecule has 1 amide bonds. The molecule has 0 unspecified atom stereocenters. The van der Waals surface area contributed by atoms with Crippen LogP contribution in [0.25, 0.3) is 0 Å². The van der Waals surface area contributed by atoms with Gasteiger partial charge in [-0.2, -0.15) is 0 Å². The summed E-state index contributed by atoms with van der Waals surface area (Å²) in [6, 6.07) is 8.69. The van der Waals surface area contributed by atoms with Crippen LogP contribution in [-0.2, 0) is 26.0 Å². The summed E-state index contributed by atoms with van der Waals surface area (Å²) in [4.78, 5) is 20.1. The van der Waals surface area contributed by atoms with E-state index in [1.54, 1.807) is 30.3 Å². The zero-order valence-electron chi connectivity index (χ0n) is 11.0. The second-order valence-electron chi connectivity index (χ2n) is 4.30. The molecule has 0 saturated heterocycles. The van der Waals surface area contributed by atoms with Crippen molar-refractivity contribution in [3.63, 3.8) is 0 Å². The maximum absolute atomic E-state index is 11.5. The van der Waals surface area contributed by atoms with Crippen molar-refractivity contribution in [3.05, 3.63) is 35.9 Å². The highest BCUT2D eigenvalue weighted by Crippen LogP contribution is 2.13. The summed E-state index contributed by atoms with van der Waals surface area (Å²) in [6.07, 6.45) is -0.400. The monoisotopic (exact) mass is 301 g/mol. The molecule has 0 aliphatic heterocycles. The molecule has 1 aromatic rings. The third kappa shape index (κ3) is 3.70. The molecule has 0 saturated carbocycles. The normalized spacial score (nSPS) is 14.1. The molecular formula is C12H15NO6S. The van der Waals surface area contributed by atoms with Gasteiger partial charge in [-0.1, -0.05) is 30.3 Å². The molecule has 0 spiro atoms. The van der Waals surface area contributed by atoms with Gasteiger partial charge in [0.2, 0.25) is 4.87 Å². The molecule has 2 N–H and O–H groups in total. The van der Waals surface area contributed by atoms with Crippen LogP contribution in [0.4, 0.5) is 4.79 Å². The lowest BCUT2D eigenvalue weighted by Crippen LogP contribution is -2.57. The molecule has 0 aromatic heterocycles. The molecule has 0 heterocycles. The summed E-state index contributed by atoms with van der Waals surface area (Å²) >= 11 is 0. The van der Waals surface area contributed by atoms with Crippen LogP contribution in [0.5, 0.6) is 0 Å². The van der Waals surface area contributed by atoms with E-state index in [-0.39, 0.29) is 6.61 Å². The highest BCUT2D eigenvalue weighted by molar-refractivity contribution is 7.92. The first-order chi connectivity index (χ1) is 9.17. The Morgan fingerprint density at radius 3 is 2.30 bits per heavy atom. The maximum Gasteiger partial charge on any atom is 0.409 e. The van der Waals surface area contributed by atoms with E-state index in [9.17, 15) is 18.0 Å². The van der Waals surface area contributed by atoms with Crippen LogP contribution < -0.4 is 5.32 Å². The van der Waals surface area contributed by atoms with Crippen LogP contribution in [0.1, 0.15) is 12.5 Å². The van der Waals surface area contributed by atoms with Gasteiger partial charge in [-0.15, -0.1) is 0 Å². The molecule has 1 atom stereocenters. The number of hydrogen-bond acceptors (Lipinski definition) is 5. The lowest BCUT2D eigenvalue weighted by Gasteiger charge is -2.23. The Balaban J connectivity index is 2.72. The summed E-state index contributed by atoms with van der Waals surface area (Å²) < 4.78 is 27.7. The summed E-state index contributed by atoms with van der Waals surface area (Å²) in [6.45, 7) is 0.792. The topological polar surface area (TPSA) is 110 Å². The van der Waals surface area contributed by atoms with Crippen LogP contribution >= 0.6 is 0 Å². The second-order valence-corrected chi connectivity index (χ2v) is 6.66. The van der Waals surface area contributed by atoms with E-state index in [1.807, 2.05) is 5.32 Å². The van der Waals surface area contributed by atoms with E-state index in [1.165, 1.54) is 0 Å². The van der Waals surface area contributed by atoms with Crippen molar-refractivity contribution in [1.29, 1.82) is 0 Å². The number of nitrogens with one attached hydrogen (secondary N) is 1. The van der Waals surface area contributed by atoms with Crippen LogP contribution in [0.3, 0.4) is 0 Å². The average molecular weight is 301 g/mol. The number of alkyl carbamates (subject to hydrolysis) is 1. The van der Waals surface area contributed by atoms with Gasteiger partial charge in [0.05, 0.1) is 0 Å². The van der Waals surface area contributed by atoms with Gasteiger partial charge in [-0.25, -0.2) is 18.0 Å². The molecule has 0 aliphatic carbocycles. The van der Waals surface area contributed by atoms with Crippen molar-refractivity contribution in [2.75, 3.05) is 6.26 Å². The Morgan fingerprint density at radius 1 is 1.30 bits per heavy atom. The summed E-state index contributed by atoms with van der Waals surface area (Å²) in [5.41, 5.74) is 0.694. The fraction of sp³-hybridized carbons (Fsp3) is 0.333. The summed E-state index contributed by atoms with van der Waals surface area (Å²) in [7, 11) is -4.05. The Kier molecular flexibility index (Phi) is 4.72. The third-order valence-corrected chi connectivity index (χ3v) is 4.46. The van der Waals surface area contributed by atoms with Crippen molar-refractivity contribution >= 4 is 21.9 Å². The maximum atomic E-state index is 11.5. The van der Waals surface area contributed by atoms with E-state index in [0.29, 0.717) is 5.56 Å². The average Bonchev–Trinajstić information content (AvgIpc) is 2.36. The van der Waals surface area contributed by atoms with Crippen LogP contribution in [0.15, 0.2) is 30.3 Å². The van der Waals surface area contributed by atoms with E-state index < -0.39 is 26.8 Å². The number of carboxylic acids is 1. The number of carbonyl (C=O) groups is 2. The van der Waals surface area contributed by atoms with Crippen molar-refractivity contribution in [3.8, 4) is 0 Å². The van der Waals surface area contributed by atoms with Crippen molar-refractivity contribution < 1.29 is 27.9 Å². The Hall–Kier alpha value is -2.09. The van der Waals surface area contributed by atoms with Gasteiger partial charge < -0.3 is 9.84 Å². The molecule has 1 aromatic carbocycles. The van der Waals surface area contributed by atoms with Crippen LogP contribution in [0, 0.1) is 0 Å². The SMILES string of the molecule is C[C@](NC(=O)OCc1ccccc1)(C(=O)O)S(C)(=O)=O. The van der Waals surface area contributed by atoms with Gasteiger partial charge in [0, 0.05) is 6.26 Å². The number of ether oxygens (including phenoxy) is 1. The predicted octanol–water partition coefficient (Wildman–Crippen LogP) is 0.758. The Bertz CT molecular complexity index is 598. The van der Waals surface area contributed by atoms with Crippen molar-refractivity contribution in [2.45, 2.75) is 18.4 Å². The first-order valence-corrected chi connectivity index (χ1v) is 7.48. The standard InChI is InChI=1S/C12H15NO6S/c1-12(10(14)15,20(2,17)18)13-11(16)19-8-9-6-4-3-5-7-9/h3-7H,8H2,1-2H3,(H,13,16)(H,14,15)/t12-/m1/s1. The first kappa shape index (κ1) is 16.0.